The largest absolute Gasteiger partial charge is 0.444 e. The first-order valence-electron chi connectivity index (χ1n) is 7.72. The van der Waals surface area contributed by atoms with Gasteiger partial charge in [-0.25, -0.2) is 9.78 Å². The van der Waals surface area contributed by atoms with Gasteiger partial charge in [0.15, 0.2) is 0 Å². The molecule has 0 atom stereocenters. The second kappa shape index (κ2) is 9.44. The third-order valence-electron chi connectivity index (χ3n) is 2.90. The topological polar surface area (TPSA) is 83.6 Å². The Hall–Kier alpha value is -1.86. The average Bonchev–Trinajstić information content (AvgIpc) is 2.46. The van der Waals surface area contributed by atoms with Crippen molar-refractivity contribution < 1.29 is 14.3 Å². The lowest BCUT2D eigenvalue weighted by molar-refractivity contribution is 0.0524. The summed E-state index contributed by atoms with van der Waals surface area (Å²) in [6, 6.07) is 3.20. The molecule has 1 heterocycles. The normalized spacial score (nSPS) is 11.2. The highest BCUT2D eigenvalue weighted by molar-refractivity contribution is 6.30. The van der Waals surface area contributed by atoms with Crippen LogP contribution in [0.25, 0.3) is 0 Å². The zero-order valence-electron chi connectivity index (χ0n) is 14.6. The van der Waals surface area contributed by atoms with Gasteiger partial charge in [0.1, 0.15) is 11.3 Å². The van der Waals surface area contributed by atoms with E-state index in [-0.39, 0.29) is 5.91 Å². The third-order valence-corrected chi connectivity index (χ3v) is 3.12. The number of halogens is 1. The summed E-state index contributed by atoms with van der Waals surface area (Å²) in [5, 5.41) is 5.96. The van der Waals surface area contributed by atoms with Crippen LogP contribution in [0.3, 0.4) is 0 Å². The number of pyridine rings is 1. The van der Waals surface area contributed by atoms with E-state index in [1.54, 1.807) is 12.1 Å². The van der Waals surface area contributed by atoms with Crippen molar-refractivity contribution in [3.05, 3.63) is 29.0 Å². The summed E-state index contributed by atoms with van der Waals surface area (Å²) in [6.07, 6.45) is 1.00. The predicted octanol–water partition coefficient (Wildman–Crippen LogP) is 1.92. The van der Waals surface area contributed by atoms with Crippen LogP contribution >= 0.6 is 11.6 Å². The predicted molar refractivity (Wildman–Crippen MR) is 93.3 cm³/mol. The van der Waals surface area contributed by atoms with E-state index in [2.05, 4.69) is 15.6 Å². The van der Waals surface area contributed by atoms with Crippen LogP contribution in [-0.2, 0) is 4.74 Å². The first kappa shape index (κ1) is 20.2. The number of rotatable bonds is 7. The lowest BCUT2D eigenvalue weighted by Crippen LogP contribution is -2.39. The van der Waals surface area contributed by atoms with Crippen LogP contribution in [0.1, 0.15) is 31.3 Å². The Morgan fingerprint density at radius 3 is 2.38 bits per heavy atom. The fourth-order valence-corrected chi connectivity index (χ4v) is 1.85. The molecule has 7 nitrogen and oxygen atoms in total. The molecule has 0 aliphatic rings. The molecule has 1 aromatic heterocycles. The summed E-state index contributed by atoms with van der Waals surface area (Å²) in [5.74, 6) is -0.244. The molecular weight excluding hydrogens is 332 g/mol. The van der Waals surface area contributed by atoms with Crippen molar-refractivity contribution in [3.8, 4) is 0 Å². The number of likely N-dealkylation sites (N-methyl/N-ethyl adjacent to an activating group) is 1. The molecule has 0 aliphatic carbocycles. The first-order valence-corrected chi connectivity index (χ1v) is 8.10. The standard InChI is InChI=1S/C16H25ClN4O3/c1-16(2,3)24-15(23)19-8-10-21(4)9-7-18-14(22)13-6-5-12(17)11-20-13/h5-6,11H,7-10H2,1-4H3,(H,18,22)(H,19,23). The zero-order valence-corrected chi connectivity index (χ0v) is 15.3. The van der Waals surface area contributed by atoms with Gasteiger partial charge in [0.25, 0.3) is 5.91 Å². The van der Waals surface area contributed by atoms with Gasteiger partial charge < -0.3 is 20.3 Å². The minimum atomic E-state index is -0.504. The molecule has 0 unspecified atom stereocenters. The zero-order chi connectivity index (χ0) is 18.2. The number of carbonyl (C=O) groups is 2. The van der Waals surface area contributed by atoms with Crippen LogP contribution in [-0.4, -0.2) is 60.7 Å². The number of ether oxygens (including phenoxy) is 1. The molecular formula is C16H25ClN4O3. The Balaban J connectivity index is 2.17. The summed E-state index contributed by atoms with van der Waals surface area (Å²) >= 11 is 5.73. The lowest BCUT2D eigenvalue weighted by Gasteiger charge is -2.21. The molecule has 8 heteroatoms. The number of aromatic nitrogens is 1. The first-order chi connectivity index (χ1) is 11.2. The number of alkyl carbamates (subject to hydrolysis) is 1. The van der Waals surface area contributed by atoms with Gasteiger partial charge in [0.2, 0.25) is 0 Å². The van der Waals surface area contributed by atoms with Gasteiger partial charge in [-0.2, -0.15) is 0 Å². The molecule has 0 saturated heterocycles. The smallest absolute Gasteiger partial charge is 0.407 e. The fraction of sp³-hybridized carbons (Fsp3) is 0.562. The molecule has 2 amide bonds. The van der Waals surface area contributed by atoms with E-state index >= 15 is 0 Å². The molecule has 24 heavy (non-hydrogen) atoms. The van der Waals surface area contributed by atoms with Gasteiger partial charge in [0, 0.05) is 32.4 Å². The highest BCUT2D eigenvalue weighted by Crippen LogP contribution is 2.06. The molecule has 0 aromatic carbocycles. The van der Waals surface area contributed by atoms with Crippen LogP contribution in [0.2, 0.25) is 5.02 Å². The molecule has 1 aromatic rings. The third kappa shape index (κ3) is 8.69. The van der Waals surface area contributed by atoms with E-state index in [0.717, 1.165) is 0 Å². The van der Waals surface area contributed by atoms with Crippen molar-refractivity contribution in [2.75, 3.05) is 33.2 Å². The van der Waals surface area contributed by atoms with E-state index in [1.807, 2.05) is 32.7 Å². The molecule has 0 fully saturated rings. The SMILES string of the molecule is CN(CCNC(=O)OC(C)(C)C)CCNC(=O)c1ccc(Cl)cn1. The highest BCUT2D eigenvalue weighted by atomic mass is 35.5. The number of hydrogen-bond donors (Lipinski definition) is 2. The second-order valence-corrected chi connectivity index (χ2v) is 6.79. The quantitative estimate of drug-likeness (QED) is 0.779. The van der Waals surface area contributed by atoms with E-state index in [1.165, 1.54) is 6.20 Å². The maximum atomic E-state index is 11.9. The van der Waals surface area contributed by atoms with Gasteiger partial charge in [-0.1, -0.05) is 11.6 Å². The molecule has 0 saturated carbocycles. The Bertz CT molecular complexity index is 543. The fourth-order valence-electron chi connectivity index (χ4n) is 1.74. The number of hydrogen-bond acceptors (Lipinski definition) is 5. The summed E-state index contributed by atoms with van der Waals surface area (Å²) in [4.78, 5) is 29.3. The number of nitrogens with one attached hydrogen (secondary N) is 2. The molecule has 0 aliphatic heterocycles. The molecule has 0 spiro atoms. The van der Waals surface area contributed by atoms with Crippen LogP contribution in [0, 0.1) is 0 Å². The van der Waals surface area contributed by atoms with Crippen LogP contribution in [0.4, 0.5) is 4.79 Å². The van der Waals surface area contributed by atoms with Gasteiger partial charge >= 0.3 is 6.09 Å². The minimum absolute atomic E-state index is 0.244. The Morgan fingerprint density at radius 2 is 1.83 bits per heavy atom. The summed E-state index contributed by atoms with van der Waals surface area (Å²) in [7, 11) is 1.91. The highest BCUT2D eigenvalue weighted by Gasteiger charge is 2.15. The van der Waals surface area contributed by atoms with Gasteiger partial charge in [0.05, 0.1) is 5.02 Å². The molecule has 0 radical (unpaired) electrons. The Labute approximate surface area is 147 Å². The van der Waals surface area contributed by atoms with E-state index in [0.29, 0.717) is 36.9 Å². The van der Waals surface area contributed by atoms with Crippen LogP contribution in [0.5, 0.6) is 0 Å². The maximum absolute atomic E-state index is 11.9. The van der Waals surface area contributed by atoms with Crippen molar-refractivity contribution in [1.82, 2.24) is 20.5 Å². The number of amides is 2. The average molecular weight is 357 g/mol. The Kier molecular flexibility index (Phi) is 7.94. The summed E-state index contributed by atoms with van der Waals surface area (Å²) < 4.78 is 5.15. The Morgan fingerprint density at radius 1 is 1.21 bits per heavy atom. The second-order valence-electron chi connectivity index (χ2n) is 6.35. The van der Waals surface area contributed by atoms with E-state index in [4.69, 9.17) is 16.3 Å². The van der Waals surface area contributed by atoms with Gasteiger partial charge in [-0.05, 0) is 40.0 Å². The van der Waals surface area contributed by atoms with Crippen LogP contribution < -0.4 is 10.6 Å². The van der Waals surface area contributed by atoms with Gasteiger partial charge in [-0.15, -0.1) is 0 Å². The monoisotopic (exact) mass is 356 g/mol. The van der Waals surface area contributed by atoms with Crippen LogP contribution in [0.15, 0.2) is 18.3 Å². The lowest BCUT2D eigenvalue weighted by atomic mass is 10.2. The van der Waals surface area contributed by atoms with E-state index in [9.17, 15) is 9.59 Å². The molecule has 0 bridgehead atoms. The van der Waals surface area contributed by atoms with E-state index < -0.39 is 11.7 Å². The number of carbonyl (C=O) groups excluding carboxylic acids is 2. The van der Waals surface area contributed by atoms with Crippen molar-refractivity contribution in [2.24, 2.45) is 0 Å². The molecule has 1 rings (SSSR count). The molecule has 134 valence electrons. The maximum Gasteiger partial charge on any atom is 0.407 e. The van der Waals surface area contributed by atoms with Crippen molar-refractivity contribution in [3.63, 3.8) is 0 Å². The minimum Gasteiger partial charge on any atom is -0.444 e. The van der Waals surface area contributed by atoms with Crippen molar-refractivity contribution in [2.45, 2.75) is 26.4 Å². The molecule has 2 N–H and O–H groups in total. The van der Waals surface area contributed by atoms with Gasteiger partial charge in [-0.3, -0.25) is 4.79 Å². The summed E-state index contributed by atoms with van der Waals surface area (Å²) in [6.45, 7) is 7.69. The van der Waals surface area contributed by atoms with Crippen molar-refractivity contribution >= 4 is 23.6 Å². The van der Waals surface area contributed by atoms with Crippen molar-refractivity contribution in [1.29, 1.82) is 0 Å². The number of nitrogens with zero attached hydrogens (tertiary/aromatic N) is 2. The summed E-state index contributed by atoms with van der Waals surface area (Å²) in [5.41, 5.74) is -0.177.